The topological polar surface area (TPSA) is 37.4 Å². The van der Waals surface area contributed by atoms with Gasteiger partial charge in [0.15, 0.2) is 0 Å². The number of hydrogen-bond acceptors (Lipinski definition) is 3. The van der Waals surface area contributed by atoms with E-state index in [1.54, 1.807) is 6.92 Å². The minimum absolute atomic E-state index is 0.0385. The smallest absolute Gasteiger partial charge is 0.206 e. The lowest BCUT2D eigenvalue weighted by molar-refractivity contribution is -0.135. The first-order valence-corrected chi connectivity index (χ1v) is 7.88. The number of hydrogen-bond donors (Lipinski definition) is 0. The quantitative estimate of drug-likeness (QED) is 0.819. The Morgan fingerprint density at radius 3 is 2.39 bits per heavy atom. The van der Waals surface area contributed by atoms with Crippen LogP contribution in [0.1, 0.15) is 12.0 Å². The number of rotatable bonds is 4. The summed E-state index contributed by atoms with van der Waals surface area (Å²) in [5, 5.41) is 0. The Bertz CT molecular complexity index is 505. The zero-order chi connectivity index (χ0) is 14.1. The molecule has 0 saturated carbocycles. The molecular weight excluding hydrogens is 355 g/mol. The van der Waals surface area contributed by atoms with Crippen molar-refractivity contribution in [3.05, 3.63) is 15.4 Å². The summed E-state index contributed by atoms with van der Waals surface area (Å²) in [5.74, 6) is 0. The minimum atomic E-state index is -4.37. The Morgan fingerprint density at radius 1 is 1.44 bits per heavy atom. The van der Waals surface area contributed by atoms with Gasteiger partial charge in [0.2, 0.25) is 0 Å². The second-order valence-corrected chi connectivity index (χ2v) is 8.36. The molecule has 0 aliphatic rings. The zero-order valence-corrected chi connectivity index (χ0v) is 12.8. The van der Waals surface area contributed by atoms with Gasteiger partial charge in [0.1, 0.15) is 4.21 Å². The number of alkyl halides is 3. The van der Waals surface area contributed by atoms with Gasteiger partial charge in [-0.25, -0.2) is 8.42 Å². The summed E-state index contributed by atoms with van der Waals surface area (Å²) in [6.45, 7) is 1.13. The highest BCUT2D eigenvalue weighted by molar-refractivity contribution is 9.11. The monoisotopic (exact) mass is 365 g/mol. The van der Waals surface area contributed by atoms with Crippen LogP contribution < -0.4 is 0 Å². The number of halogens is 4. The zero-order valence-electron chi connectivity index (χ0n) is 9.58. The van der Waals surface area contributed by atoms with Crippen molar-refractivity contribution in [1.82, 2.24) is 4.31 Å². The lowest BCUT2D eigenvalue weighted by Gasteiger charge is -2.16. The maximum Gasteiger partial charge on any atom is 0.390 e. The Hall–Kier alpha value is -0.120. The first-order chi connectivity index (χ1) is 8.04. The van der Waals surface area contributed by atoms with Crippen LogP contribution in [0, 0.1) is 6.92 Å². The Labute approximate surface area is 116 Å². The fourth-order valence-electron chi connectivity index (χ4n) is 1.12. The molecule has 0 aliphatic carbocycles. The third kappa shape index (κ3) is 3.94. The van der Waals surface area contributed by atoms with Gasteiger partial charge < -0.3 is 0 Å². The minimum Gasteiger partial charge on any atom is -0.206 e. The van der Waals surface area contributed by atoms with E-state index in [0.29, 0.717) is 3.79 Å². The molecule has 0 bridgehead atoms. The lowest BCUT2D eigenvalue weighted by atomic mass is 10.4. The van der Waals surface area contributed by atoms with Crippen molar-refractivity contribution in [2.24, 2.45) is 0 Å². The van der Waals surface area contributed by atoms with Gasteiger partial charge in [-0.15, -0.1) is 11.3 Å². The fraction of sp³-hybridized carbons (Fsp3) is 0.556. The van der Waals surface area contributed by atoms with E-state index in [4.69, 9.17) is 0 Å². The van der Waals surface area contributed by atoms with E-state index in [0.717, 1.165) is 28.3 Å². The molecule has 0 N–H and O–H groups in total. The second kappa shape index (κ2) is 5.48. The summed E-state index contributed by atoms with van der Waals surface area (Å²) < 4.78 is 61.5. The molecule has 0 amide bonds. The number of aryl methyl sites for hydroxylation is 1. The van der Waals surface area contributed by atoms with Crippen LogP contribution in [-0.4, -0.2) is 32.5 Å². The first kappa shape index (κ1) is 15.9. The molecular formula is C9H11BrF3NO2S2. The molecule has 0 saturated heterocycles. The van der Waals surface area contributed by atoms with E-state index in [-0.39, 0.29) is 4.21 Å². The molecule has 1 aromatic heterocycles. The molecule has 9 heteroatoms. The molecule has 1 rings (SSSR count). The van der Waals surface area contributed by atoms with Gasteiger partial charge in [-0.2, -0.15) is 17.5 Å². The van der Waals surface area contributed by atoms with Gasteiger partial charge in [-0.3, -0.25) is 0 Å². The molecule has 0 unspecified atom stereocenters. The van der Waals surface area contributed by atoms with Crippen molar-refractivity contribution in [2.75, 3.05) is 13.6 Å². The van der Waals surface area contributed by atoms with Crippen LogP contribution in [-0.2, 0) is 10.0 Å². The maximum atomic E-state index is 12.0. The van der Waals surface area contributed by atoms with Crippen molar-refractivity contribution in [3.8, 4) is 0 Å². The van der Waals surface area contributed by atoms with Crippen molar-refractivity contribution in [3.63, 3.8) is 0 Å². The summed E-state index contributed by atoms with van der Waals surface area (Å²) in [6, 6.07) is 1.44. The molecule has 18 heavy (non-hydrogen) atoms. The highest BCUT2D eigenvalue weighted by Crippen LogP contribution is 2.32. The van der Waals surface area contributed by atoms with Gasteiger partial charge in [-0.1, -0.05) is 0 Å². The maximum absolute atomic E-state index is 12.0. The van der Waals surface area contributed by atoms with Crippen molar-refractivity contribution in [2.45, 2.75) is 23.7 Å². The molecule has 104 valence electrons. The largest absolute Gasteiger partial charge is 0.390 e. The fourth-order valence-corrected chi connectivity index (χ4v) is 4.73. The summed E-state index contributed by atoms with van der Waals surface area (Å²) in [6.07, 6.45) is -5.52. The van der Waals surface area contributed by atoms with Crippen molar-refractivity contribution < 1.29 is 21.6 Å². The summed E-state index contributed by atoms with van der Waals surface area (Å²) >= 11 is 4.17. The molecule has 0 fully saturated rings. The van der Waals surface area contributed by atoms with Gasteiger partial charge in [0, 0.05) is 13.6 Å². The van der Waals surface area contributed by atoms with Crippen LogP contribution in [0.25, 0.3) is 0 Å². The third-order valence-corrected chi connectivity index (χ3v) is 6.65. The van der Waals surface area contributed by atoms with Crippen LogP contribution in [0.5, 0.6) is 0 Å². The van der Waals surface area contributed by atoms with E-state index in [2.05, 4.69) is 15.9 Å². The van der Waals surface area contributed by atoms with Gasteiger partial charge in [0.25, 0.3) is 10.0 Å². The first-order valence-electron chi connectivity index (χ1n) is 4.83. The van der Waals surface area contributed by atoms with Gasteiger partial charge >= 0.3 is 6.18 Å². The van der Waals surface area contributed by atoms with Crippen LogP contribution in [0.3, 0.4) is 0 Å². The predicted molar refractivity (Wildman–Crippen MR) is 67.2 cm³/mol. The average Bonchev–Trinajstić information content (AvgIpc) is 2.55. The Morgan fingerprint density at radius 2 is 2.00 bits per heavy atom. The molecule has 0 radical (unpaired) electrons. The van der Waals surface area contributed by atoms with E-state index < -0.39 is 29.2 Å². The highest BCUT2D eigenvalue weighted by Gasteiger charge is 2.31. The van der Waals surface area contributed by atoms with Crippen LogP contribution in [0.2, 0.25) is 0 Å². The van der Waals surface area contributed by atoms with E-state index in [1.807, 2.05) is 0 Å². The lowest BCUT2D eigenvalue weighted by Crippen LogP contribution is -2.30. The number of nitrogens with zero attached hydrogens (tertiary/aromatic N) is 1. The molecule has 0 spiro atoms. The molecule has 3 nitrogen and oxygen atoms in total. The molecule has 0 aromatic carbocycles. The molecule has 0 aliphatic heterocycles. The highest BCUT2D eigenvalue weighted by atomic mass is 79.9. The van der Waals surface area contributed by atoms with Crippen LogP contribution in [0.15, 0.2) is 14.1 Å². The second-order valence-electron chi connectivity index (χ2n) is 3.71. The van der Waals surface area contributed by atoms with E-state index in [1.165, 1.54) is 6.07 Å². The Balaban J connectivity index is 2.87. The number of thiophene rings is 1. The van der Waals surface area contributed by atoms with Gasteiger partial charge in [0.05, 0.1) is 10.2 Å². The van der Waals surface area contributed by atoms with Crippen LogP contribution in [0.4, 0.5) is 13.2 Å². The third-order valence-electron chi connectivity index (χ3n) is 2.21. The summed E-state index contributed by atoms with van der Waals surface area (Å²) in [5.41, 5.74) is 0.739. The summed E-state index contributed by atoms with van der Waals surface area (Å²) in [7, 11) is -2.70. The SMILES string of the molecule is Cc1cc(S(=O)(=O)N(C)CCC(F)(F)F)sc1Br. The average molecular weight is 366 g/mol. The van der Waals surface area contributed by atoms with Crippen LogP contribution >= 0.6 is 27.3 Å². The predicted octanol–water partition coefficient (Wildman–Crippen LogP) is 3.39. The van der Waals surface area contributed by atoms with E-state index in [9.17, 15) is 21.6 Å². The molecule has 1 heterocycles. The van der Waals surface area contributed by atoms with Gasteiger partial charge in [-0.05, 0) is 34.5 Å². The van der Waals surface area contributed by atoms with Crippen molar-refractivity contribution >= 4 is 37.3 Å². The van der Waals surface area contributed by atoms with Crippen molar-refractivity contribution in [1.29, 1.82) is 0 Å². The van der Waals surface area contributed by atoms with E-state index >= 15 is 0 Å². The normalized spacial score (nSPS) is 13.3. The summed E-state index contributed by atoms with van der Waals surface area (Å²) in [4.78, 5) is 0. The standard InChI is InChI=1S/C9H11BrF3NO2S2/c1-6-5-7(17-8(6)10)18(15,16)14(2)4-3-9(11,12)13/h5H,3-4H2,1-2H3. The number of sulfonamides is 1. The Kier molecular flexibility index (Phi) is 4.85. The molecule has 0 atom stereocenters. The molecule has 1 aromatic rings.